The Morgan fingerprint density at radius 3 is 2.63 bits per heavy atom. The van der Waals surface area contributed by atoms with Gasteiger partial charge < -0.3 is 5.73 Å². The number of anilines is 2. The molecule has 1 aromatic carbocycles. The molecule has 0 aliphatic carbocycles. The first-order chi connectivity index (χ1) is 8.88. The molecule has 0 bridgehead atoms. The SMILES string of the molecule is Cc1cccc(NS(=O)(=O)c2ccc(F)c(N)c2)n1. The zero-order valence-electron chi connectivity index (χ0n) is 10.1. The number of rotatable bonds is 3. The highest BCUT2D eigenvalue weighted by molar-refractivity contribution is 7.92. The summed E-state index contributed by atoms with van der Waals surface area (Å²) in [4.78, 5) is 3.91. The molecule has 1 aromatic heterocycles. The van der Waals surface area contributed by atoms with Gasteiger partial charge in [0.1, 0.15) is 11.6 Å². The second kappa shape index (κ2) is 4.85. The average molecular weight is 281 g/mol. The Bertz CT molecular complexity index is 717. The van der Waals surface area contributed by atoms with Crippen LogP contribution in [-0.4, -0.2) is 13.4 Å². The van der Waals surface area contributed by atoms with Crippen molar-refractivity contribution >= 4 is 21.5 Å². The van der Waals surface area contributed by atoms with Gasteiger partial charge in [0.15, 0.2) is 0 Å². The van der Waals surface area contributed by atoms with E-state index in [9.17, 15) is 12.8 Å². The largest absolute Gasteiger partial charge is 0.396 e. The van der Waals surface area contributed by atoms with Crippen LogP contribution in [-0.2, 0) is 10.0 Å². The third-order valence-electron chi connectivity index (χ3n) is 2.41. The monoisotopic (exact) mass is 281 g/mol. The number of pyridine rings is 1. The lowest BCUT2D eigenvalue weighted by Crippen LogP contribution is -2.14. The number of nitrogen functional groups attached to an aromatic ring is 1. The topological polar surface area (TPSA) is 85.1 Å². The summed E-state index contributed by atoms with van der Waals surface area (Å²) >= 11 is 0. The molecule has 1 heterocycles. The maximum absolute atomic E-state index is 13.0. The van der Waals surface area contributed by atoms with Crippen LogP contribution in [0.2, 0.25) is 0 Å². The van der Waals surface area contributed by atoms with Crippen LogP contribution >= 0.6 is 0 Å². The van der Waals surface area contributed by atoms with Crippen LogP contribution in [0.4, 0.5) is 15.9 Å². The Hall–Kier alpha value is -2.15. The second-order valence-electron chi connectivity index (χ2n) is 3.95. The number of halogens is 1. The number of nitrogens with one attached hydrogen (secondary N) is 1. The van der Waals surface area contributed by atoms with E-state index in [2.05, 4.69) is 9.71 Å². The van der Waals surface area contributed by atoms with E-state index in [0.29, 0.717) is 5.69 Å². The van der Waals surface area contributed by atoms with Crippen molar-refractivity contribution in [3.05, 3.63) is 47.9 Å². The van der Waals surface area contributed by atoms with Crippen LogP contribution in [0, 0.1) is 12.7 Å². The molecule has 0 atom stereocenters. The van der Waals surface area contributed by atoms with E-state index in [4.69, 9.17) is 5.73 Å². The normalized spacial score (nSPS) is 11.3. The average Bonchev–Trinajstić information content (AvgIpc) is 2.32. The predicted octanol–water partition coefficient (Wildman–Crippen LogP) is 1.91. The van der Waals surface area contributed by atoms with Gasteiger partial charge in [-0.15, -0.1) is 0 Å². The molecular weight excluding hydrogens is 269 g/mol. The van der Waals surface area contributed by atoms with Crippen LogP contribution in [0.3, 0.4) is 0 Å². The Balaban J connectivity index is 2.35. The summed E-state index contributed by atoms with van der Waals surface area (Å²) in [6.07, 6.45) is 0. The summed E-state index contributed by atoms with van der Waals surface area (Å²) in [5.74, 6) is -0.462. The highest BCUT2D eigenvalue weighted by Gasteiger charge is 2.16. The summed E-state index contributed by atoms with van der Waals surface area (Å²) in [5.41, 5.74) is 5.81. The molecule has 0 saturated heterocycles. The van der Waals surface area contributed by atoms with Gasteiger partial charge >= 0.3 is 0 Å². The van der Waals surface area contributed by atoms with Gasteiger partial charge in [0.2, 0.25) is 0 Å². The molecule has 0 aliphatic heterocycles. The van der Waals surface area contributed by atoms with Crippen molar-refractivity contribution in [3.8, 4) is 0 Å². The maximum atomic E-state index is 13.0. The van der Waals surface area contributed by atoms with Gasteiger partial charge in [0.25, 0.3) is 10.0 Å². The molecule has 2 rings (SSSR count). The third kappa shape index (κ3) is 3.00. The van der Waals surface area contributed by atoms with Crippen molar-refractivity contribution in [2.45, 2.75) is 11.8 Å². The number of aromatic nitrogens is 1. The summed E-state index contributed by atoms with van der Waals surface area (Å²) < 4.78 is 39.4. The number of nitrogens with zero attached hydrogens (tertiary/aromatic N) is 1. The van der Waals surface area contributed by atoms with Crippen molar-refractivity contribution in [1.29, 1.82) is 0 Å². The summed E-state index contributed by atoms with van der Waals surface area (Å²) in [7, 11) is -3.83. The Labute approximate surface area is 110 Å². The molecule has 2 aromatic rings. The van der Waals surface area contributed by atoms with Crippen LogP contribution in [0.25, 0.3) is 0 Å². The van der Waals surface area contributed by atoms with Gasteiger partial charge in [-0.1, -0.05) is 6.07 Å². The smallest absolute Gasteiger partial charge is 0.263 e. The number of sulfonamides is 1. The fraction of sp³-hybridized carbons (Fsp3) is 0.0833. The van der Waals surface area contributed by atoms with E-state index in [1.807, 2.05) is 0 Å². The van der Waals surface area contributed by atoms with Crippen molar-refractivity contribution in [2.24, 2.45) is 0 Å². The highest BCUT2D eigenvalue weighted by atomic mass is 32.2. The molecule has 0 spiro atoms. The summed E-state index contributed by atoms with van der Waals surface area (Å²) in [6.45, 7) is 1.74. The maximum Gasteiger partial charge on any atom is 0.263 e. The number of hydrogen-bond donors (Lipinski definition) is 2. The molecule has 0 saturated carbocycles. The van der Waals surface area contributed by atoms with Crippen molar-refractivity contribution in [2.75, 3.05) is 10.5 Å². The molecule has 3 N–H and O–H groups in total. The number of benzene rings is 1. The van der Waals surface area contributed by atoms with Gasteiger partial charge in [0, 0.05) is 5.69 Å². The van der Waals surface area contributed by atoms with E-state index in [-0.39, 0.29) is 16.4 Å². The van der Waals surface area contributed by atoms with E-state index in [0.717, 1.165) is 18.2 Å². The Morgan fingerprint density at radius 1 is 1.26 bits per heavy atom. The lowest BCUT2D eigenvalue weighted by Gasteiger charge is -2.08. The standard InChI is InChI=1S/C12H12FN3O2S/c1-8-3-2-4-12(15-8)16-19(17,18)9-5-6-10(13)11(14)7-9/h2-7H,14H2,1H3,(H,15,16). The van der Waals surface area contributed by atoms with Crippen LogP contribution in [0.5, 0.6) is 0 Å². The first-order valence-electron chi connectivity index (χ1n) is 5.40. The highest BCUT2D eigenvalue weighted by Crippen LogP contribution is 2.19. The fourth-order valence-electron chi connectivity index (χ4n) is 1.49. The molecule has 0 unspecified atom stereocenters. The van der Waals surface area contributed by atoms with Gasteiger partial charge in [-0.05, 0) is 37.3 Å². The molecule has 0 aliphatic rings. The Kier molecular flexibility index (Phi) is 3.39. The summed E-state index contributed by atoms with van der Waals surface area (Å²) in [5, 5.41) is 0. The molecule has 0 radical (unpaired) electrons. The number of aryl methyl sites for hydroxylation is 1. The van der Waals surface area contributed by atoms with Crippen molar-refractivity contribution < 1.29 is 12.8 Å². The van der Waals surface area contributed by atoms with E-state index in [1.165, 1.54) is 6.07 Å². The van der Waals surface area contributed by atoms with E-state index in [1.54, 1.807) is 19.1 Å². The molecule has 100 valence electrons. The van der Waals surface area contributed by atoms with Crippen LogP contribution in [0.15, 0.2) is 41.3 Å². The van der Waals surface area contributed by atoms with Crippen molar-refractivity contribution in [1.82, 2.24) is 4.98 Å². The van der Waals surface area contributed by atoms with Gasteiger partial charge in [0.05, 0.1) is 10.6 Å². The lowest BCUT2D eigenvalue weighted by atomic mass is 10.3. The van der Waals surface area contributed by atoms with Gasteiger partial charge in [-0.25, -0.2) is 17.8 Å². The quantitative estimate of drug-likeness (QED) is 0.842. The molecule has 19 heavy (non-hydrogen) atoms. The number of hydrogen-bond acceptors (Lipinski definition) is 4. The van der Waals surface area contributed by atoms with Gasteiger partial charge in [-0.2, -0.15) is 0 Å². The molecular formula is C12H12FN3O2S. The second-order valence-corrected chi connectivity index (χ2v) is 5.64. The van der Waals surface area contributed by atoms with Crippen molar-refractivity contribution in [3.63, 3.8) is 0 Å². The summed E-state index contributed by atoms with van der Waals surface area (Å²) in [6, 6.07) is 8.16. The minimum absolute atomic E-state index is 0.116. The Morgan fingerprint density at radius 2 is 2.00 bits per heavy atom. The molecule has 7 heteroatoms. The predicted molar refractivity (Wildman–Crippen MR) is 70.6 cm³/mol. The van der Waals surface area contributed by atoms with E-state index < -0.39 is 15.8 Å². The van der Waals surface area contributed by atoms with Crippen LogP contribution < -0.4 is 10.5 Å². The first kappa shape index (κ1) is 13.3. The molecule has 5 nitrogen and oxygen atoms in total. The van der Waals surface area contributed by atoms with E-state index >= 15 is 0 Å². The first-order valence-corrected chi connectivity index (χ1v) is 6.88. The minimum atomic E-state index is -3.83. The minimum Gasteiger partial charge on any atom is -0.396 e. The molecule has 0 amide bonds. The zero-order chi connectivity index (χ0) is 14.0. The van der Waals surface area contributed by atoms with Gasteiger partial charge in [-0.3, -0.25) is 4.72 Å². The molecule has 0 fully saturated rings. The third-order valence-corrected chi connectivity index (χ3v) is 3.76. The fourth-order valence-corrected chi connectivity index (χ4v) is 2.52. The lowest BCUT2D eigenvalue weighted by molar-refractivity contribution is 0.600. The number of nitrogens with two attached hydrogens (primary N) is 1. The van der Waals surface area contributed by atoms with Crippen LogP contribution in [0.1, 0.15) is 5.69 Å². The zero-order valence-corrected chi connectivity index (χ0v) is 10.9.